The molecule has 0 spiro atoms. The molecule has 1 amide bonds. The number of carbonyl (C=O) groups is 1. The molecule has 2 aromatic rings. The Morgan fingerprint density at radius 1 is 1.24 bits per heavy atom. The molecule has 0 heterocycles. The number of hydrogen-bond acceptors (Lipinski definition) is 3. The lowest BCUT2D eigenvalue weighted by atomic mass is 10.2. The molecule has 0 unspecified atom stereocenters. The highest BCUT2D eigenvalue weighted by atomic mass is 35.5. The van der Waals surface area contributed by atoms with Gasteiger partial charge in [-0.05, 0) is 35.9 Å². The van der Waals surface area contributed by atoms with E-state index in [0.29, 0.717) is 22.9 Å². The van der Waals surface area contributed by atoms with Crippen LogP contribution in [0, 0.1) is 11.3 Å². The van der Waals surface area contributed by atoms with Gasteiger partial charge in [0.2, 0.25) is 0 Å². The lowest BCUT2D eigenvalue weighted by Crippen LogP contribution is -2.23. The first-order chi connectivity index (χ1) is 10.2. The summed E-state index contributed by atoms with van der Waals surface area (Å²) < 4.78 is 5.64. The Balaban J connectivity index is 1.99. The van der Waals surface area contributed by atoms with Crippen LogP contribution in [0.25, 0.3) is 0 Å². The lowest BCUT2D eigenvalue weighted by Gasteiger charge is -2.08. The third-order valence-electron chi connectivity index (χ3n) is 2.74. The van der Waals surface area contributed by atoms with E-state index in [0.717, 1.165) is 5.56 Å². The highest BCUT2D eigenvalue weighted by Crippen LogP contribution is 2.16. The maximum Gasteiger partial charge on any atom is 0.252 e. The van der Waals surface area contributed by atoms with Gasteiger partial charge < -0.3 is 10.1 Å². The fraction of sp³-hybridized carbons (Fsp3) is 0.125. The average Bonchev–Trinajstić information content (AvgIpc) is 2.52. The molecule has 0 aliphatic rings. The Kier molecular flexibility index (Phi) is 5.19. The summed E-state index contributed by atoms with van der Waals surface area (Å²) in [7, 11) is 0. The fourth-order valence-electron chi connectivity index (χ4n) is 1.70. The summed E-state index contributed by atoms with van der Waals surface area (Å²) in [6.07, 6.45) is 0. The number of nitrogens with one attached hydrogen (secondary N) is 1. The van der Waals surface area contributed by atoms with Crippen LogP contribution < -0.4 is 10.1 Å². The van der Waals surface area contributed by atoms with Crippen LogP contribution in [0.15, 0.2) is 48.5 Å². The molecule has 0 fully saturated rings. The molecule has 5 heteroatoms. The molecule has 0 aliphatic heterocycles. The first-order valence-corrected chi connectivity index (χ1v) is 6.69. The fourth-order valence-corrected chi connectivity index (χ4v) is 1.82. The molecule has 0 aromatic heterocycles. The highest BCUT2D eigenvalue weighted by molar-refractivity contribution is 6.30. The van der Waals surface area contributed by atoms with Gasteiger partial charge >= 0.3 is 0 Å². The summed E-state index contributed by atoms with van der Waals surface area (Å²) in [5.74, 6) is 0.294. The van der Waals surface area contributed by atoms with Gasteiger partial charge in [-0.25, -0.2) is 0 Å². The molecule has 0 atom stereocenters. The van der Waals surface area contributed by atoms with Crippen LogP contribution in [0.5, 0.6) is 5.75 Å². The number of carbonyl (C=O) groups excluding carboxylic acids is 1. The minimum absolute atomic E-state index is 0.0192. The number of ether oxygens (including phenoxy) is 1. The molecule has 0 saturated heterocycles. The largest absolute Gasteiger partial charge is 0.489 e. The van der Waals surface area contributed by atoms with Crippen LogP contribution in [0.1, 0.15) is 15.9 Å². The van der Waals surface area contributed by atoms with Crippen molar-refractivity contribution in [2.75, 3.05) is 6.54 Å². The Hall–Kier alpha value is -2.51. The monoisotopic (exact) mass is 300 g/mol. The van der Waals surface area contributed by atoms with Crippen molar-refractivity contribution in [1.82, 2.24) is 5.32 Å². The van der Waals surface area contributed by atoms with E-state index in [1.807, 2.05) is 18.2 Å². The van der Waals surface area contributed by atoms with E-state index in [1.54, 1.807) is 36.4 Å². The van der Waals surface area contributed by atoms with Gasteiger partial charge in [-0.3, -0.25) is 4.79 Å². The van der Waals surface area contributed by atoms with Crippen molar-refractivity contribution >= 4 is 17.5 Å². The Labute approximate surface area is 127 Å². The normalized spacial score (nSPS) is 9.71. The van der Waals surface area contributed by atoms with Crippen molar-refractivity contribution in [3.05, 3.63) is 64.7 Å². The quantitative estimate of drug-likeness (QED) is 0.863. The Morgan fingerprint density at radius 3 is 2.71 bits per heavy atom. The second-order valence-corrected chi connectivity index (χ2v) is 4.72. The standard InChI is InChI=1S/C16H13ClN2O2/c17-14-6-4-12(5-7-14)11-21-15-3-1-2-13(10-15)16(20)19-9-8-18/h1-7,10H,9,11H2,(H,19,20). The van der Waals surface area contributed by atoms with Gasteiger partial charge in [-0.15, -0.1) is 0 Å². The van der Waals surface area contributed by atoms with Crippen molar-refractivity contribution in [3.63, 3.8) is 0 Å². The number of hydrogen-bond donors (Lipinski definition) is 1. The highest BCUT2D eigenvalue weighted by Gasteiger charge is 2.06. The summed E-state index contributed by atoms with van der Waals surface area (Å²) in [6, 6.07) is 16.0. The number of nitriles is 1. The smallest absolute Gasteiger partial charge is 0.252 e. The second kappa shape index (κ2) is 7.32. The van der Waals surface area contributed by atoms with E-state index >= 15 is 0 Å². The molecule has 0 saturated carbocycles. The van der Waals surface area contributed by atoms with Crippen molar-refractivity contribution < 1.29 is 9.53 Å². The van der Waals surface area contributed by atoms with Crippen molar-refractivity contribution in [2.45, 2.75) is 6.61 Å². The second-order valence-electron chi connectivity index (χ2n) is 4.28. The molecule has 106 valence electrons. The Morgan fingerprint density at radius 2 is 2.00 bits per heavy atom. The van der Waals surface area contributed by atoms with Gasteiger partial charge in [-0.2, -0.15) is 5.26 Å². The van der Waals surface area contributed by atoms with E-state index in [2.05, 4.69) is 5.32 Å². The van der Waals surface area contributed by atoms with Gasteiger partial charge in [0.1, 0.15) is 18.9 Å². The van der Waals surface area contributed by atoms with Crippen molar-refractivity contribution in [3.8, 4) is 11.8 Å². The molecular formula is C16H13ClN2O2. The zero-order valence-corrected chi connectivity index (χ0v) is 11.9. The first-order valence-electron chi connectivity index (χ1n) is 6.31. The van der Waals surface area contributed by atoms with E-state index in [-0.39, 0.29) is 12.5 Å². The zero-order valence-electron chi connectivity index (χ0n) is 11.2. The number of rotatable bonds is 5. The molecule has 2 aromatic carbocycles. The SMILES string of the molecule is N#CCNC(=O)c1cccc(OCc2ccc(Cl)cc2)c1. The Bertz CT molecular complexity index is 663. The van der Waals surface area contributed by atoms with Gasteiger partial charge in [0.05, 0.1) is 6.07 Å². The maximum atomic E-state index is 11.7. The minimum atomic E-state index is -0.298. The minimum Gasteiger partial charge on any atom is -0.489 e. The lowest BCUT2D eigenvalue weighted by molar-refractivity contribution is 0.0958. The number of benzene rings is 2. The molecule has 21 heavy (non-hydrogen) atoms. The molecule has 0 radical (unpaired) electrons. The maximum absolute atomic E-state index is 11.7. The molecule has 1 N–H and O–H groups in total. The number of halogens is 1. The summed E-state index contributed by atoms with van der Waals surface area (Å²) in [4.78, 5) is 11.7. The molecule has 2 rings (SSSR count). The van der Waals surface area contributed by atoms with E-state index < -0.39 is 0 Å². The van der Waals surface area contributed by atoms with Crippen LogP contribution in [-0.2, 0) is 6.61 Å². The summed E-state index contributed by atoms with van der Waals surface area (Å²) in [6.45, 7) is 0.370. The van der Waals surface area contributed by atoms with E-state index in [1.165, 1.54) is 0 Å². The van der Waals surface area contributed by atoms with Gasteiger partial charge in [0.25, 0.3) is 5.91 Å². The van der Waals surface area contributed by atoms with Crippen molar-refractivity contribution in [2.24, 2.45) is 0 Å². The number of nitrogens with zero attached hydrogens (tertiary/aromatic N) is 1. The predicted octanol–water partition coefficient (Wildman–Crippen LogP) is 3.17. The molecular weight excluding hydrogens is 288 g/mol. The molecule has 4 nitrogen and oxygen atoms in total. The third kappa shape index (κ3) is 4.51. The van der Waals surface area contributed by atoms with Gasteiger partial charge in [0, 0.05) is 10.6 Å². The molecule has 0 aliphatic carbocycles. The first kappa shape index (κ1) is 14.9. The van der Waals surface area contributed by atoms with Crippen LogP contribution in [0.4, 0.5) is 0 Å². The summed E-state index contributed by atoms with van der Waals surface area (Å²) in [5, 5.41) is 11.6. The third-order valence-corrected chi connectivity index (χ3v) is 2.99. The van der Waals surface area contributed by atoms with E-state index in [9.17, 15) is 4.79 Å². The van der Waals surface area contributed by atoms with Gasteiger partial charge in [0.15, 0.2) is 0 Å². The van der Waals surface area contributed by atoms with E-state index in [4.69, 9.17) is 21.6 Å². The van der Waals surface area contributed by atoms with Crippen LogP contribution in [0.3, 0.4) is 0 Å². The zero-order chi connectivity index (χ0) is 15.1. The number of amides is 1. The van der Waals surface area contributed by atoms with Gasteiger partial charge in [-0.1, -0.05) is 29.8 Å². The molecule has 0 bridgehead atoms. The van der Waals surface area contributed by atoms with Crippen molar-refractivity contribution in [1.29, 1.82) is 5.26 Å². The average molecular weight is 301 g/mol. The topological polar surface area (TPSA) is 62.1 Å². The van der Waals surface area contributed by atoms with Crippen LogP contribution in [-0.4, -0.2) is 12.5 Å². The summed E-state index contributed by atoms with van der Waals surface area (Å²) >= 11 is 5.82. The predicted molar refractivity (Wildman–Crippen MR) is 80.2 cm³/mol. The summed E-state index contributed by atoms with van der Waals surface area (Å²) in [5.41, 5.74) is 1.44. The van der Waals surface area contributed by atoms with Crippen LogP contribution >= 0.6 is 11.6 Å². The van der Waals surface area contributed by atoms with Crippen LogP contribution in [0.2, 0.25) is 5.02 Å².